The summed E-state index contributed by atoms with van der Waals surface area (Å²) >= 11 is 3.79. The number of carboxylic acid groups (broad SMARTS) is 4. The number of hydrogen-bond donors (Lipinski definition) is 22. The standard InChI is InChI=1S/C16H27N3O10S.C16H29N3O10S.C16H29N3O9S/c1-17-7(14(23)19-8(6-30-2)15(24)25)4-18-10(21)5-28-11-3-9(20)12(22)13(29-11)16(26)27;1-17-7(14(25)19-8(6-30-2)15(26)27)3-18-10(21)5-28-16-13(24)12(23)11(22)9(4-20)29-16;1-17-8(15(24)19-9(7-29-2)16(25)26)4-18-12(22)6-27-13-3-10(21)14(23)11(5-20)28-13/h7-9,11-13,17,20,22H,3-6H2,1-2H3,(H,18,21)(H,19,23)(H,24,25)(H,26,27);7-9,11-13,16-17,20,22-24H,3-6H2,1-2H3,(H,18,21)(H,19,25)(H,26,27);8-11,13-14,17,20-21,23H,3-7H2,1-2H3,(H,18,22)(H,19,24)(H,25,26)/t7-,8+,9+,11?,12?,13?;7-,8+,9?,11?,12-,13+,16?;8-,9+,10+,11?,13?,14?/m000/s1. The first-order valence-electron chi connectivity index (χ1n) is 26.9. The molecule has 514 valence electrons. The number of carboxylic acids is 4. The molecular weight excluding hydrogens is 1260 g/mol. The van der Waals surface area contributed by atoms with Crippen molar-refractivity contribution in [3.63, 3.8) is 0 Å². The molecule has 41 heteroatoms. The average Bonchev–Trinajstić information content (AvgIpc) is 3.54. The lowest BCUT2D eigenvalue weighted by Gasteiger charge is -2.39. The first kappa shape index (κ1) is 82.0. The van der Waals surface area contributed by atoms with Gasteiger partial charge in [-0.2, -0.15) is 35.3 Å². The molecule has 3 rings (SSSR count). The van der Waals surface area contributed by atoms with E-state index in [1.165, 1.54) is 56.4 Å². The lowest BCUT2D eigenvalue weighted by Crippen LogP contribution is -2.59. The fourth-order valence-electron chi connectivity index (χ4n) is 7.64. The molecule has 3 aliphatic heterocycles. The van der Waals surface area contributed by atoms with Crippen LogP contribution in [-0.4, -0.2) is 352 Å². The highest BCUT2D eigenvalue weighted by atomic mass is 32.2. The summed E-state index contributed by atoms with van der Waals surface area (Å²) in [5, 5.41) is 145. The summed E-state index contributed by atoms with van der Waals surface area (Å²) in [6, 6.07) is -5.87. The second-order valence-corrected chi connectivity index (χ2v) is 22.1. The molecule has 0 aliphatic carbocycles. The number of thioether (sulfide) groups is 3. The monoisotopic (exact) mass is 1350 g/mol. The predicted octanol–water partition coefficient (Wildman–Crippen LogP) is -11.5. The quantitative estimate of drug-likeness (QED) is 0.0277. The molecule has 0 aromatic heterocycles. The maximum absolute atomic E-state index is 12.2. The van der Waals surface area contributed by atoms with Gasteiger partial charge in [-0.05, 0) is 39.9 Å². The Morgan fingerprint density at radius 1 is 0.449 bits per heavy atom. The smallest absolute Gasteiger partial charge is 0.335 e. The lowest BCUT2D eigenvalue weighted by molar-refractivity contribution is -0.299. The molecule has 9 unspecified atom stereocenters. The Morgan fingerprint density at radius 3 is 1.11 bits per heavy atom. The molecule has 3 aliphatic rings. The number of amides is 6. The van der Waals surface area contributed by atoms with Crippen LogP contribution in [0.25, 0.3) is 0 Å². The van der Waals surface area contributed by atoms with Gasteiger partial charge in [-0.3, -0.25) is 28.8 Å². The van der Waals surface area contributed by atoms with Gasteiger partial charge in [-0.15, -0.1) is 0 Å². The van der Waals surface area contributed by atoms with E-state index in [0.29, 0.717) is 0 Å². The molecule has 0 aromatic carbocycles. The Labute approximate surface area is 522 Å². The van der Waals surface area contributed by atoms with E-state index in [-0.39, 0.29) is 49.7 Å². The highest BCUT2D eigenvalue weighted by molar-refractivity contribution is 7.99. The largest absolute Gasteiger partial charge is 0.480 e. The van der Waals surface area contributed by atoms with Crippen molar-refractivity contribution in [1.82, 2.24) is 47.9 Å². The fraction of sp³-hybridized carbons (Fsp3) is 0.792. The van der Waals surface area contributed by atoms with Gasteiger partial charge in [-0.25, -0.2) is 19.2 Å². The lowest BCUT2D eigenvalue weighted by atomic mass is 9.99. The normalized spacial score (nSPS) is 26.8. The number of carbonyl (C=O) groups excluding carboxylic acids is 6. The van der Waals surface area contributed by atoms with Gasteiger partial charge in [0.05, 0.1) is 25.4 Å². The SMILES string of the molecule is CN[C@@H](CNC(=O)COC1C[C@@H](O)C(O)C(C(=O)O)O1)C(=O)N[C@H](CSC)C(=O)O.CN[C@@H](CNC(=O)COC1C[C@@H](O)C(O)C(CO)O1)C(=O)N[C@H](CSC)C(=O)O.CN[C@@H](CNC(=O)COC1OC(CO)C(O)[C@H](O)[C@H]1O)C(=O)N[C@H](CSC)C(=O)O. The van der Waals surface area contributed by atoms with Crippen molar-refractivity contribution in [2.75, 3.05) is 110 Å². The second kappa shape index (κ2) is 43.7. The zero-order valence-corrected chi connectivity index (χ0v) is 51.7. The zero-order valence-electron chi connectivity index (χ0n) is 49.2. The van der Waals surface area contributed by atoms with Crippen molar-refractivity contribution in [3.8, 4) is 0 Å². The van der Waals surface area contributed by atoms with Crippen LogP contribution in [0.4, 0.5) is 0 Å². The van der Waals surface area contributed by atoms with Gasteiger partial charge in [0, 0.05) is 49.7 Å². The van der Waals surface area contributed by atoms with E-state index < -0.39 is 209 Å². The summed E-state index contributed by atoms with van der Waals surface area (Å²) in [5.74, 6) is -8.14. The molecular formula is C48H85N9O29S3. The van der Waals surface area contributed by atoms with Crippen molar-refractivity contribution in [2.45, 2.75) is 129 Å². The first-order valence-corrected chi connectivity index (χ1v) is 31.1. The zero-order chi connectivity index (χ0) is 67.7. The molecule has 0 bridgehead atoms. The minimum absolute atomic E-state index is 0.0709. The molecule has 89 heavy (non-hydrogen) atoms. The van der Waals surface area contributed by atoms with E-state index in [0.717, 1.165) is 0 Å². The number of rotatable bonds is 36. The van der Waals surface area contributed by atoms with Crippen LogP contribution in [0.1, 0.15) is 12.8 Å². The molecule has 0 spiro atoms. The molecule has 3 heterocycles. The molecule has 22 N–H and O–H groups in total. The minimum atomic E-state index is -1.69. The number of aliphatic carboxylic acids is 4. The molecule has 19 atom stereocenters. The van der Waals surface area contributed by atoms with Crippen LogP contribution in [0, 0.1) is 0 Å². The Balaban J connectivity index is 0.000000668. The molecule has 0 radical (unpaired) electrons. The minimum Gasteiger partial charge on any atom is -0.480 e. The summed E-state index contributed by atoms with van der Waals surface area (Å²) in [6.45, 7) is -3.20. The van der Waals surface area contributed by atoms with Gasteiger partial charge >= 0.3 is 23.9 Å². The first-order chi connectivity index (χ1) is 42.0. The third kappa shape index (κ3) is 29.5. The predicted molar refractivity (Wildman–Crippen MR) is 308 cm³/mol. The van der Waals surface area contributed by atoms with E-state index in [1.54, 1.807) is 18.8 Å². The van der Waals surface area contributed by atoms with Crippen LogP contribution in [0.3, 0.4) is 0 Å². The molecule has 0 aromatic rings. The molecule has 3 saturated heterocycles. The maximum atomic E-state index is 12.2. The van der Waals surface area contributed by atoms with Crippen molar-refractivity contribution in [3.05, 3.63) is 0 Å². The Hall–Kier alpha value is -4.97. The molecule has 38 nitrogen and oxygen atoms in total. The number of aliphatic hydroxyl groups excluding tert-OH is 9. The average molecular weight is 1350 g/mol. The fourth-order valence-corrected chi connectivity index (χ4v) is 9.32. The molecule has 0 saturated carbocycles. The third-order valence-electron chi connectivity index (χ3n) is 12.8. The Kier molecular flexibility index (Phi) is 40.3. The van der Waals surface area contributed by atoms with Gasteiger partial charge in [0.15, 0.2) is 25.0 Å². The number of aliphatic hydroxyl groups is 9. The van der Waals surface area contributed by atoms with E-state index in [4.69, 9.17) is 59.1 Å². The van der Waals surface area contributed by atoms with Gasteiger partial charge in [0.1, 0.15) is 98.8 Å². The van der Waals surface area contributed by atoms with Crippen LogP contribution in [0.2, 0.25) is 0 Å². The number of nitrogens with one attached hydrogen (secondary N) is 9. The third-order valence-corrected chi connectivity index (χ3v) is 14.8. The van der Waals surface area contributed by atoms with Crippen LogP contribution >= 0.6 is 35.3 Å². The van der Waals surface area contributed by atoms with Gasteiger partial charge in [-0.1, -0.05) is 0 Å². The highest BCUT2D eigenvalue weighted by Crippen LogP contribution is 2.24. The van der Waals surface area contributed by atoms with Gasteiger partial charge < -0.3 is 143 Å². The van der Waals surface area contributed by atoms with Crippen molar-refractivity contribution in [1.29, 1.82) is 0 Å². The van der Waals surface area contributed by atoms with Crippen LogP contribution in [0.5, 0.6) is 0 Å². The van der Waals surface area contributed by atoms with E-state index >= 15 is 0 Å². The van der Waals surface area contributed by atoms with E-state index in [2.05, 4.69) is 47.9 Å². The van der Waals surface area contributed by atoms with E-state index in [9.17, 15) is 83.7 Å². The van der Waals surface area contributed by atoms with Crippen LogP contribution in [0.15, 0.2) is 0 Å². The summed E-state index contributed by atoms with van der Waals surface area (Å²) < 4.78 is 30.8. The van der Waals surface area contributed by atoms with E-state index in [1.807, 2.05) is 0 Å². The van der Waals surface area contributed by atoms with Crippen molar-refractivity contribution >= 4 is 94.6 Å². The number of carbonyl (C=O) groups is 10. The molecule has 6 amide bonds. The summed E-state index contributed by atoms with van der Waals surface area (Å²) in [6.07, 6.45) is -13.0. The van der Waals surface area contributed by atoms with Crippen molar-refractivity contribution < 1.29 is 143 Å². The summed E-state index contributed by atoms with van der Waals surface area (Å²) in [4.78, 5) is 117. The maximum Gasteiger partial charge on any atom is 0.335 e. The highest BCUT2D eigenvalue weighted by Gasteiger charge is 2.45. The number of hydrogen-bond acceptors (Lipinski definition) is 31. The molecule has 3 fully saturated rings. The number of likely N-dealkylation sites (N-methyl/N-ethyl adjacent to an activating group) is 3. The van der Waals surface area contributed by atoms with Crippen LogP contribution < -0.4 is 47.9 Å². The van der Waals surface area contributed by atoms with Gasteiger partial charge in [0.25, 0.3) is 0 Å². The van der Waals surface area contributed by atoms with Crippen molar-refractivity contribution in [2.24, 2.45) is 0 Å². The van der Waals surface area contributed by atoms with Gasteiger partial charge in [0.2, 0.25) is 35.4 Å². The number of ether oxygens (including phenoxy) is 6. The Bertz CT molecular complexity index is 2230. The summed E-state index contributed by atoms with van der Waals surface area (Å²) in [7, 11) is 4.42. The Morgan fingerprint density at radius 2 is 0.787 bits per heavy atom. The van der Waals surface area contributed by atoms with Crippen LogP contribution in [-0.2, 0) is 76.4 Å². The summed E-state index contributed by atoms with van der Waals surface area (Å²) in [5.41, 5.74) is 0. The topological polar surface area (TPSA) is 597 Å². The second-order valence-electron chi connectivity index (χ2n) is 19.3.